The molecule has 1 spiro atoms. The van der Waals surface area contributed by atoms with Crippen molar-refractivity contribution in [3.05, 3.63) is 24.3 Å². The highest BCUT2D eigenvalue weighted by molar-refractivity contribution is 5.26. The van der Waals surface area contributed by atoms with Crippen LogP contribution in [-0.4, -0.2) is 12.2 Å². The van der Waals surface area contributed by atoms with Gasteiger partial charge in [-0.15, -0.1) is 0 Å². The molecule has 3 aliphatic rings. The molecular weight excluding hydrogens is 196 g/mol. The molecule has 5 atom stereocenters. The van der Waals surface area contributed by atoms with Crippen LogP contribution in [0.15, 0.2) is 24.3 Å². The maximum absolute atomic E-state index is 5.67. The van der Waals surface area contributed by atoms with E-state index in [1.54, 1.807) is 0 Å². The fourth-order valence-corrected chi connectivity index (χ4v) is 4.06. The molecule has 2 aliphatic carbocycles. The Balaban J connectivity index is 1.87. The third kappa shape index (κ3) is 1.27. The Labute approximate surface area is 98.6 Å². The van der Waals surface area contributed by atoms with Crippen LogP contribution in [0.25, 0.3) is 0 Å². The molecule has 0 radical (unpaired) electrons. The predicted molar refractivity (Wildman–Crippen MR) is 66.2 cm³/mol. The quantitative estimate of drug-likeness (QED) is 0.483. The molecule has 0 N–H and O–H groups in total. The third-order valence-electron chi connectivity index (χ3n) is 5.36. The van der Waals surface area contributed by atoms with Crippen molar-refractivity contribution in [2.24, 2.45) is 17.3 Å². The maximum Gasteiger partial charge on any atom is 0.0876 e. The predicted octanol–water partition coefficient (Wildman–Crippen LogP) is 3.71. The van der Waals surface area contributed by atoms with E-state index in [1.807, 2.05) is 0 Å². The van der Waals surface area contributed by atoms with Gasteiger partial charge in [0.05, 0.1) is 12.2 Å². The van der Waals surface area contributed by atoms with Crippen molar-refractivity contribution < 1.29 is 4.74 Å². The second kappa shape index (κ2) is 3.22. The number of epoxide rings is 1. The highest BCUT2D eigenvalue weighted by atomic mass is 16.6. The van der Waals surface area contributed by atoms with Crippen molar-refractivity contribution in [1.82, 2.24) is 0 Å². The molecule has 16 heavy (non-hydrogen) atoms. The molecule has 2 saturated carbocycles. The Hall–Kier alpha value is -0.560. The average molecular weight is 218 g/mol. The standard InChI is InChI=1S/C15H22O/c1-9(2)12-6-5-10(3)15(7-12)8-13-14(16-13)11(15)4/h11-14H,1,3,5-8H2,2,4H3/t11-,12+,13-,14+,15-/m1/s1. The molecule has 1 saturated heterocycles. The smallest absolute Gasteiger partial charge is 0.0876 e. The molecule has 0 aromatic carbocycles. The lowest BCUT2D eigenvalue weighted by atomic mass is 9.61. The topological polar surface area (TPSA) is 12.5 Å². The molecule has 3 rings (SSSR count). The summed E-state index contributed by atoms with van der Waals surface area (Å²) < 4.78 is 5.67. The summed E-state index contributed by atoms with van der Waals surface area (Å²) in [6.45, 7) is 13.1. The minimum Gasteiger partial charge on any atom is -0.369 e. The van der Waals surface area contributed by atoms with Gasteiger partial charge in [0, 0.05) is 0 Å². The molecular formula is C15H22O. The minimum absolute atomic E-state index is 0.384. The molecule has 3 fully saturated rings. The minimum atomic E-state index is 0.384. The summed E-state index contributed by atoms with van der Waals surface area (Å²) in [4.78, 5) is 0. The fraction of sp³-hybridized carbons (Fsp3) is 0.733. The zero-order valence-electron chi connectivity index (χ0n) is 10.5. The fourth-order valence-electron chi connectivity index (χ4n) is 4.06. The Kier molecular flexibility index (Phi) is 2.13. The van der Waals surface area contributed by atoms with E-state index in [0.717, 1.165) is 0 Å². The lowest BCUT2D eigenvalue weighted by Crippen LogP contribution is -2.36. The van der Waals surface area contributed by atoms with E-state index >= 15 is 0 Å². The van der Waals surface area contributed by atoms with Gasteiger partial charge >= 0.3 is 0 Å². The second-order valence-corrected chi connectivity index (χ2v) is 6.18. The van der Waals surface area contributed by atoms with Gasteiger partial charge in [-0.1, -0.05) is 31.2 Å². The average Bonchev–Trinajstić information content (AvgIpc) is 2.93. The monoisotopic (exact) mass is 218 g/mol. The van der Waals surface area contributed by atoms with Gasteiger partial charge in [-0.25, -0.2) is 0 Å². The highest BCUT2D eigenvalue weighted by Gasteiger charge is 2.62. The van der Waals surface area contributed by atoms with Crippen LogP contribution >= 0.6 is 0 Å². The summed E-state index contributed by atoms with van der Waals surface area (Å²) in [7, 11) is 0. The van der Waals surface area contributed by atoms with E-state index in [0.29, 0.717) is 29.5 Å². The number of ether oxygens (including phenoxy) is 1. The molecule has 1 heterocycles. The van der Waals surface area contributed by atoms with Gasteiger partial charge < -0.3 is 4.74 Å². The van der Waals surface area contributed by atoms with E-state index < -0.39 is 0 Å². The van der Waals surface area contributed by atoms with Crippen molar-refractivity contribution in [2.75, 3.05) is 0 Å². The van der Waals surface area contributed by atoms with Crippen LogP contribution < -0.4 is 0 Å². The number of fused-ring (bicyclic) bond motifs is 1. The number of allylic oxidation sites excluding steroid dienone is 2. The maximum atomic E-state index is 5.67. The summed E-state index contributed by atoms with van der Waals surface area (Å²) in [5.74, 6) is 1.39. The first-order valence-electron chi connectivity index (χ1n) is 6.54. The molecule has 0 aromatic rings. The van der Waals surface area contributed by atoms with Crippen molar-refractivity contribution in [2.45, 2.75) is 51.7 Å². The zero-order chi connectivity index (χ0) is 11.5. The first-order valence-corrected chi connectivity index (χ1v) is 6.54. The van der Waals surface area contributed by atoms with Gasteiger partial charge in [0.25, 0.3) is 0 Å². The van der Waals surface area contributed by atoms with Gasteiger partial charge in [0.2, 0.25) is 0 Å². The second-order valence-electron chi connectivity index (χ2n) is 6.18. The molecule has 1 heteroatoms. The van der Waals surface area contributed by atoms with Crippen LogP contribution in [0, 0.1) is 17.3 Å². The largest absolute Gasteiger partial charge is 0.369 e. The molecule has 88 valence electrons. The van der Waals surface area contributed by atoms with Crippen LogP contribution in [0.3, 0.4) is 0 Å². The molecule has 1 nitrogen and oxygen atoms in total. The van der Waals surface area contributed by atoms with Gasteiger partial charge in [-0.05, 0) is 49.9 Å². The van der Waals surface area contributed by atoms with Gasteiger partial charge in [0.15, 0.2) is 0 Å². The Bertz CT molecular complexity index is 356. The van der Waals surface area contributed by atoms with Gasteiger partial charge in [-0.2, -0.15) is 0 Å². The lowest BCUT2D eigenvalue weighted by molar-refractivity contribution is 0.0982. The highest BCUT2D eigenvalue weighted by Crippen LogP contribution is 2.63. The van der Waals surface area contributed by atoms with E-state index in [9.17, 15) is 0 Å². The number of hydrogen-bond acceptors (Lipinski definition) is 1. The normalized spacial score (nSPS) is 50.5. The summed E-state index contributed by atoms with van der Waals surface area (Å²) in [5.41, 5.74) is 3.24. The van der Waals surface area contributed by atoms with Gasteiger partial charge in [0.1, 0.15) is 0 Å². The molecule has 0 unspecified atom stereocenters. The van der Waals surface area contributed by atoms with Gasteiger partial charge in [-0.3, -0.25) is 0 Å². The van der Waals surface area contributed by atoms with E-state index in [4.69, 9.17) is 4.74 Å². The van der Waals surface area contributed by atoms with Crippen molar-refractivity contribution in [3.8, 4) is 0 Å². The van der Waals surface area contributed by atoms with Crippen LogP contribution in [0.2, 0.25) is 0 Å². The van der Waals surface area contributed by atoms with E-state index in [-0.39, 0.29) is 0 Å². The Morgan fingerprint density at radius 1 is 1.44 bits per heavy atom. The SMILES string of the molecule is C=C(C)[C@H]1CCC(=C)[C@@]2(C1)C[C@H]1O[C@H]1[C@H]2C. The summed E-state index contributed by atoms with van der Waals surface area (Å²) >= 11 is 0. The Morgan fingerprint density at radius 2 is 2.19 bits per heavy atom. The molecule has 0 amide bonds. The van der Waals surface area contributed by atoms with Crippen molar-refractivity contribution in [3.63, 3.8) is 0 Å². The van der Waals surface area contributed by atoms with Crippen LogP contribution in [0.1, 0.15) is 39.5 Å². The number of hydrogen-bond donors (Lipinski definition) is 0. The van der Waals surface area contributed by atoms with Crippen LogP contribution in [0.4, 0.5) is 0 Å². The first-order chi connectivity index (χ1) is 7.54. The van der Waals surface area contributed by atoms with E-state index in [1.165, 1.54) is 36.8 Å². The van der Waals surface area contributed by atoms with Crippen molar-refractivity contribution in [1.29, 1.82) is 0 Å². The first kappa shape index (κ1) is 10.6. The summed E-state index contributed by atoms with van der Waals surface area (Å²) in [6, 6.07) is 0. The van der Waals surface area contributed by atoms with Crippen LogP contribution in [-0.2, 0) is 4.74 Å². The zero-order valence-corrected chi connectivity index (χ0v) is 10.5. The molecule has 0 bridgehead atoms. The summed E-state index contributed by atoms with van der Waals surface area (Å²) in [5, 5.41) is 0. The number of rotatable bonds is 1. The lowest BCUT2D eigenvalue weighted by Gasteiger charge is -2.44. The summed E-state index contributed by atoms with van der Waals surface area (Å²) in [6.07, 6.45) is 6.05. The van der Waals surface area contributed by atoms with E-state index in [2.05, 4.69) is 27.0 Å². The molecule has 0 aromatic heterocycles. The Morgan fingerprint density at radius 3 is 2.75 bits per heavy atom. The van der Waals surface area contributed by atoms with Crippen molar-refractivity contribution >= 4 is 0 Å². The third-order valence-corrected chi connectivity index (χ3v) is 5.36. The molecule has 1 aliphatic heterocycles. The van der Waals surface area contributed by atoms with Crippen LogP contribution in [0.5, 0.6) is 0 Å².